The minimum absolute atomic E-state index is 0.211. The molecule has 1 saturated heterocycles. The number of anilines is 1. The van der Waals surface area contributed by atoms with Gasteiger partial charge in [-0.1, -0.05) is 23.8 Å². The van der Waals surface area contributed by atoms with Gasteiger partial charge in [-0.25, -0.2) is 13.4 Å². The Balaban J connectivity index is 1.52. The summed E-state index contributed by atoms with van der Waals surface area (Å²) in [6, 6.07) is 13.2. The van der Waals surface area contributed by atoms with Crippen molar-refractivity contribution in [3.63, 3.8) is 0 Å². The molecule has 128 valence electrons. The van der Waals surface area contributed by atoms with E-state index in [2.05, 4.69) is 16.0 Å². The van der Waals surface area contributed by atoms with Gasteiger partial charge in [-0.05, 0) is 25.1 Å². The summed E-state index contributed by atoms with van der Waals surface area (Å²) in [6.45, 7) is 6.45. The number of sulfone groups is 1. The van der Waals surface area contributed by atoms with Crippen LogP contribution in [0.2, 0.25) is 0 Å². The highest BCUT2D eigenvalue weighted by Gasteiger charge is 2.27. The van der Waals surface area contributed by atoms with Gasteiger partial charge in [0.1, 0.15) is 31.9 Å². The van der Waals surface area contributed by atoms with Gasteiger partial charge in [0.2, 0.25) is 0 Å². The number of H-pyrrole nitrogens is 1. The highest BCUT2D eigenvalue weighted by Crippen LogP contribution is 2.11. The molecule has 1 aliphatic heterocycles. The SMILES string of the molecule is Cc1ccc(S(=O)(=O)CC[NH+]2CCN(c3cccc[nH+]3)CC2)cc1. The van der Waals surface area contributed by atoms with Gasteiger partial charge < -0.3 is 4.90 Å². The quantitative estimate of drug-likeness (QED) is 0.828. The van der Waals surface area contributed by atoms with E-state index in [1.165, 1.54) is 4.90 Å². The van der Waals surface area contributed by atoms with E-state index in [0.717, 1.165) is 37.6 Å². The topological polar surface area (TPSA) is 56.0 Å². The second-order valence-electron chi connectivity index (χ2n) is 6.37. The molecule has 0 bridgehead atoms. The third kappa shape index (κ3) is 4.13. The van der Waals surface area contributed by atoms with E-state index in [-0.39, 0.29) is 5.75 Å². The van der Waals surface area contributed by atoms with Crippen LogP contribution in [-0.2, 0) is 9.84 Å². The normalized spacial score (nSPS) is 16.3. The molecule has 0 aliphatic carbocycles. The Labute approximate surface area is 143 Å². The molecule has 0 amide bonds. The molecule has 2 N–H and O–H groups in total. The second-order valence-corrected chi connectivity index (χ2v) is 8.48. The molecule has 1 aromatic heterocycles. The van der Waals surface area contributed by atoms with Crippen molar-refractivity contribution in [3.05, 3.63) is 54.2 Å². The number of quaternary nitrogens is 1. The summed E-state index contributed by atoms with van der Waals surface area (Å²) in [5, 5.41) is 0. The molecule has 3 rings (SSSR count). The van der Waals surface area contributed by atoms with Crippen molar-refractivity contribution in [2.75, 3.05) is 43.4 Å². The van der Waals surface area contributed by atoms with Crippen LogP contribution in [0.25, 0.3) is 0 Å². The van der Waals surface area contributed by atoms with Crippen LogP contribution in [0, 0.1) is 6.92 Å². The molecule has 24 heavy (non-hydrogen) atoms. The lowest BCUT2D eigenvalue weighted by Crippen LogP contribution is -3.15. The molecule has 2 aromatic rings. The number of aryl methyl sites for hydroxylation is 1. The van der Waals surface area contributed by atoms with E-state index in [1.807, 2.05) is 37.4 Å². The Morgan fingerprint density at radius 2 is 1.79 bits per heavy atom. The third-order valence-electron chi connectivity index (χ3n) is 4.61. The molecule has 0 radical (unpaired) electrons. The van der Waals surface area contributed by atoms with Crippen molar-refractivity contribution in [1.29, 1.82) is 0 Å². The molecule has 6 heteroatoms. The maximum absolute atomic E-state index is 12.4. The predicted octanol–water partition coefficient (Wildman–Crippen LogP) is -0.0121. The lowest BCUT2D eigenvalue weighted by Gasteiger charge is -2.28. The van der Waals surface area contributed by atoms with Crippen LogP contribution < -0.4 is 14.8 Å². The minimum atomic E-state index is -3.18. The summed E-state index contributed by atoms with van der Waals surface area (Å²) >= 11 is 0. The van der Waals surface area contributed by atoms with E-state index < -0.39 is 9.84 Å². The highest BCUT2D eigenvalue weighted by molar-refractivity contribution is 7.91. The number of piperazine rings is 1. The first-order valence-electron chi connectivity index (χ1n) is 8.39. The zero-order valence-electron chi connectivity index (χ0n) is 14.0. The Bertz CT molecular complexity index is 753. The summed E-state index contributed by atoms with van der Waals surface area (Å²) in [6.07, 6.45) is 1.93. The van der Waals surface area contributed by atoms with E-state index in [4.69, 9.17) is 0 Å². The number of pyridine rings is 1. The van der Waals surface area contributed by atoms with Crippen molar-refractivity contribution in [3.8, 4) is 0 Å². The fraction of sp³-hybridized carbons (Fsp3) is 0.389. The molecule has 0 spiro atoms. The fourth-order valence-corrected chi connectivity index (χ4v) is 4.38. The molecular weight excluding hydrogens is 322 g/mol. The van der Waals surface area contributed by atoms with Crippen molar-refractivity contribution >= 4 is 15.7 Å². The van der Waals surface area contributed by atoms with Crippen LogP contribution in [0.3, 0.4) is 0 Å². The standard InChI is InChI=1S/C18H23N3O2S/c1-16-5-7-17(8-6-16)24(22,23)15-14-20-10-12-21(13-11-20)18-4-2-3-9-19-18/h2-9H,10-15H2,1H3/p+2. The van der Waals surface area contributed by atoms with Crippen LogP contribution >= 0.6 is 0 Å². The maximum Gasteiger partial charge on any atom is 0.274 e. The average molecular weight is 347 g/mol. The summed E-state index contributed by atoms with van der Waals surface area (Å²) in [5.41, 5.74) is 1.08. The Morgan fingerprint density at radius 3 is 2.42 bits per heavy atom. The maximum atomic E-state index is 12.4. The number of benzene rings is 1. The molecular formula is C18H25N3O2S+2. The second kappa shape index (κ2) is 7.32. The Kier molecular flexibility index (Phi) is 5.16. The molecule has 0 atom stereocenters. The number of hydrogen-bond acceptors (Lipinski definition) is 3. The van der Waals surface area contributed by atoms with Gasteiger partial charge in [-0.3, -0.25) is 4.90 Å². The van der Waals surface area contributed by atoms with Gasteiger partial charge in [0.15, 0.2) is 9.84 Å². The third-order valence-corrected chi connectivity index (χ3v) is 6.34. The van der Waals surface area contributed by atoms with E-state index in [1.54, 1.807) is 12.1 Å². The van der Waals surface area contributed by atoms with Gasteiger partial charge in [0, 0.05) is 6.07 Å². The Morgan fingerprint density at radius 1 is 1.08 bits per heavy atom. The number of aromatic amines is 1. The fourth-order valence-electron chi connectivity index (χ4n) is 3.04. The first kappa shape index (κ1) is 16.9. The number of aromatic nitrogens is 1. The predicted molar refractivity (Wildman–Crippen MR) is 94.0 cm³/mol. The lowest BCUT2D eigenvalue weighted by atomic mass is 10.2. The van der Waals surface area contributed by atoms with Gasteiger partial charge in [-0.2, -0.15) is 0 Å². The smallest absolute Gasteiger partial charge is 0.274 e. The van der Waals surface area contributed by atoms with Gasteiger partial charge >= 0.3 is 0 Å². The number of hydrogen-bond donors (Lipinski definition) is 1. The summed E-state index contributed by atoms with van der Waals surface area (Å²) in [7, 11) is -3.18. The largest absolute Gasteiger partial charge is 0.328 e. The molecule has 1 fully saturated rings. The van der Waals surface area contributed by atoms with Crippen molar-refractivity contribution in [1.82, 2.24) is 0 Å². The first-order chi connectivity index (χ1) is 11.5. The summed E-state index contributed by atoms with van der Waals surface area (Å²) in [4.78, 5) is 7.37. The van der Waals surface area contributed by atoms with Crippen LogP contribution in [0.5, 0.6) is 0 Å². The lowest BCUT2D eigenvalue weighted by molar-refractivity contribution is -0.898. The monoisotopic (exact) mass is 347 g/mol. The Hall–Kier alpha value is -1.92. The molecule has 5 nitrogen and oxygen atoms in total. The van der Waals surface area contributed by atoms with Crippen LogP contribution in [-0.4, -0.2) is 46.9 Å². The molecule has 0 unspecified atom stereocenters. The summed E-state index contributed by atoms with van der Waals surface area (Å²) in [5.74, 6) is 1.34. The van der Waals surface area contributed by atoms with Crippen LogP contribution in [0.4, 0.5) is 5.82 Å². The number of nitrogens with zero attached hydrogens (tertiary/aromatic N) is 1. The number of rotatable bonds is 5. The van der Waals surface area contributed by atoms with Crippen molar-refractivity contribution in [2.24, 2.45) is 0 Å². The van der Waals surface area contributed by atoms with Crippen LogP contribution in [0.15, 0.2) is 53.6 Å². The summed E-state index contributed by atoms with van der Waals surface area (Å²) < 4.78 is 24.9. The zero-order valence-corrected chi connectivity index (χ0v) is 14.8. The van der Waals surface area contributed by atoms with Crippen molar-refractivity contribution < 1.29 is 18.3 Å². The highest BCUT2D eigenvalue weighted by atomic mass is 32.2. The van der Waals surface area contributed by atoms with E-state index in [9.17, 15) is 8.42 Å². The van der Waals surface area contributed by atoms with Gasteiger partial charge in [0.05, 0.1) is 17.6 Å². The van der Waals surface area contributed by atoms with Gasteiger partial charge in [0.25, 0.3) is 5.82 Å². The van der Waals surface area contributed by atoms with E-state index >= 15 is 0 Å². The van der Waals surface area contributed by atoms with Gasteiger partial charge in [-0.15, -0.1) is 0 Å². The molecule has 2 heterocycles. The first-order valence-corrected chi connectivity index (χ1v) is 10.0. The average Bonchev–Trinajstić information content (AvgIpc) is 2.62. The minimum Gasteiger partial charge on any atom is -0.328 e. The molecule has 1 aliphatic rings. The number of nitrogens with one attached hydrogen (secondary N) is 2. The zero-order chi connectivity index (χ0) is 17.0. The molecule has 0 saturated carbocycles. The van der Waals surface area contributed by atoms with Crippen molar-refractivity contribution in [2.45, 2.75) is 11.8 Å². The molecule has 1 aromatic carbocycles. The van der Waals surface area contributed by atoms with E-state index in [0.29, 0.717) is 11.4 Å². The van der Waals surface area contributed by atoms with Crippen LogP contribution in [0.1, 0.15) is 5.56 Å².